The SMILES string of the molecule is CC(C)(C)c1cc(C(=O)NCc2ccccc2)c(NC(=O)Nc2ccc3[nH]ncc3c2)s1. The molecule has 4 rings (SSSR count). The van der Waals surface area contributed by atoms with E-state index in [4.69, 9.17) is 0 Å². The van der Waals surface area contributed by atoms with Gasteiger partial charge in [-0.1, -0.05) is 51.1 Å². The first-order chi connectivity index (χ1) is 15.3. The molecule has 2 aromatic carbocycles. The van der Waals surface area contributed by atoms with E-state index in [-0.39, 0.29) is 11.3 Å². The van der Waals surface area contributed by atoms with Crippen molar-refractivity contribution in [1.29, 1.82) is 0 Å². The van der Waals surface area contributed by atoms with Crippen molar-refractivity contribution in [3.63, 3.8) is 0 Å². The third-order valence-electron chi connectivity index (χ3n) is 4.94. The van der Waals surface area contributed by atoms with Crippen LogP contribution in [-0.4, -0.2) is 22.1 Å². The molecule has 0 fully saturated rings. The summed E-state index contributed by atoms with van der Waals surface area (Å²) >= 11 is 1.41. The molecule has 4 aromatic rings. The summed E-state index contributed by atoms with van der Waals surface area (Å²) in [5.74, 6) is -0.226. The Labute approximate surface area is 190 Å². The van der Waals surface area contributed by atoms with Crippen LogP contribution in [0.3, 0.4) is 0 Å². The number of nitrogens with one attached hydrogen (secondary N) is 4. The quantitative estimate of drug-likeness (QED) is 0.325. The van der Waals surface area contributed by atoms with Gasteiger partial charge in [-0.2, -0.15) is 5.10 Å². The van der Waals surface area contributed by atoms with Crippen LogP contribution in [0.5, 0.6) is 0 Å². The van der Waals surface area contributed by atoms with E-state index in [1.807, 2.05) is 48.5 Å². The van der Waals surface area contributed by atoms with E-state index in [0.717, 1.165) is 21.3 Å². The Kier molecular flexibility index (Phi) is 5.96. The number of benzene rings is 2. The van der Waals surface area contributed by atoms with Crippen molar-refractivity contribution in [1.82, 2.24) is 15.5 Å². The molecule has 7 nitrogen and oxygen atoms in total. The maximum atomic E-state index is 12.9. The second-order valence-corrected chi connectivity index (χ2v) is 9.58. The van der Waals surface area contributed by atoms with Gasteiger partial charge in [-0.25, -0.2) is 4.79 Å². The lowest BCUT2D eigenvalue weighted by Crippen LogP contribution is -2.25. The van der Waals surface area contributed by atoms with E-state index in [1.165, 1.54) is 11.3 Å². The molecule has 0 aliphatic carbocycles. The Morgan fingerprint density at radius 1 is 1.03 bits per heavy atom. The van der Waals surface area contributed by atoms with Crippen molar-refractivity contribution in [2.45, 2.75) is 32.7 Å². The normalized spacial score (nSPS) is 11.3. The first-order valence-corrected chi connectivity index (χ1v) is 11.1. The maximum absolute atomic E-state index is 12.9. The summed E-state index contributed by atoms with van der Waals surface area (Å²) in [5.41, 5.74) is 2.84. The second kappa shape index (κ2) is 8.84. The molecule has 0 spiro atoms. The Morgan fingerprint density at radius 2 is 1.81 bits per heavy atom. The smallest absolute Gasteiger partial charge is 0.324 e. The van der Waals surface area contributed by atoms with Crippen LogP contribution in [0, 0.1) is 0 Å². The van der Waals surface area contributed by atoms with E-state index in [0.29, 0.717) is 22.8 Å². The number of H-pyrrole nitrogens is 1. The molecular formula is C24H25N5O2S. The summed E-state index contributed by atoms with van der Waals surface area (Å²) in [6.07, 6.45) is 1.70. The van der Waals surface area contributed by atoms with E-state index in [2.05, 4.69) is 46.9 Å². The minimum Gasteiger partial charge on any atom is -0.348 e. The number of rotatable bonds is 5. The van der Waals surface area contributed by atoms with Crippen molar-refractivity contribution in [3.8, 4) is 0 Å². The molecule has 0 bridgehead atoms. The minimum absolute atomic E-state index is 0.151. The number of fused-ring (bicyclic) bond motifs is 1. The molecular weight excluding hydrogens is 422 g/mol. The molecule has 4 N–H and O–H groups in total. The molecule has 3 amide bonds. The highest BCUT2D eigenvalue weighted by Crippen LogP contribution is 2.36. The lowest BCUT2D eigenvalue weighted by atomic mass is 9.94. The van der Waals surface area contributed by atoms with E-state index < -0.39 is 6.03 Å². The monoisotopic (exact) mass is 447 g/mol. The van der Waals surface area contributed by atoms with E-state index in [9.17, 15) is 9.59 Å². The van der Waals surface area contributed by atoms with Crippen molar-refractivity contribution in [2.24, 2.45) is 0 Å². The van der Waals surface area contributed by atoms with Crippen LogP contribution in [0.25, 0.3) is 10.9 Å². The summed E-state index contributed by atoms with van der Waals surface area (Å²) in [6, 6.07) is 16.6. The van der Waals surface area contributed by atoms with Gasteiger partial charge in [0.1, 0.15) is 5.00 Å². The van der Waals surface area contributed by atoms with Gasteiger partial charge in [0.2, 0.25) is 0 Å². The summed E-state index contributed by atoms with van der Waals surface area (Å²) < 4.78 is 0. The van der Waals surface area contributed by atoms with Crippen LogP contribution in [0.4, 0.5) is 15.5 Å². The first-order valence-electron chi connectivity index (χ1n) is 10.3. The van der Waals surface area contributed by atoms with Crippen LogP contribution in [-0.2, 0) is 12.0 Å². The summed E-state index contributed by atoms with van der Waals surface area (Å²) in [6.45, 7) is 6.65. The molecule has 8 heteroatoms. The average molecular weight is 448 g/mol. The molecule has 0 aliphatic heterocycles. The van der Waals surface area contributed by atoms with Gasteiger partial charge in [0.15, 0.2) is 0 Å². The van der Waals surface area contributed by atoms with Crippen LogP contribution < -0.4 is 16.0 Å². The Morgan fingerprint density at radius 3 is 2.56 bits per heavy atom. The number of hydrogen-bond donors (Lipinski definition) is 4. The van der Waals surface area contributed by atoms with Crippen LogP contribution in [0.2, 0.25) is 0 Å². The Hall–Kier alpha value is -3.65. The number of amides is 3. The average Bonchev–Trinajstić information content (AvgIpc) is 3.39. The van der Waals surface area contributed by atoms with Crippen molar-refractivity contribution in [2.75, 3.05) is 10.6 Å². The number of aromatic nitrogens is 2. The molecule has 32 heavy (non-hydrogen) atoms. The number of urea groups is 1. The van der Waals surface area contributed by atoms with Gasteiger partial charge < -0.3 is 10.6 Å². The Bertz CT molecular complexity index is 1250. The molecule has 0 radical (unpaired) electrons. The zero-order chi connectivity index (χ0) is 22.7. The fourth-order valence-corrected chi connectivity index (χ4v) is 4.29. The van der Waals surface area contributed by atoms with Crippen molar-refractivity contribution >= 4 is 44.9 Å². The number of hydrogen-bond acceptors (Lipinski definition) is 4. The molecule has 0 aliphatic rings. The highest BCUT2D eigenvalue weighted by atomic mass is 32.1. The highest BCUT2D eigenvalue weighted by molar-refractivity contribution is 7.16. The van der Waals surface area contributed by atoms with E-state index >= 15 is 0 Å². The molecule has 2 aromatic heterocycles. The van der Waals surface area contributed by atoms with Gasteiger partial charge in [0.05, 0.1) is 17.3 Å². The third kappa shape index (κ3) is 4.97. The molecule has 0 unspecified atom stereocenters. The maximum Gasteiger partial charge on any atom is 0.324 e. The second-order valence-electron chi connectivity index (χ2n) is 8.52. The van der Waals surface area contributed by atoms with Gasteiger partial charge in [0, 0.05) is 22.5 Å². The fraction of sp³-hybridized carbons (Fsp3) is 0.208. The van der Waals surface area contributed by atoms with Gasteiger partial charge >= 0.3 is 6.03 Å². The molecule has 0 saturated carbocycles. The zero-order valence-corrected chi connectivity index (χ0v) is 19.0. The van der Waals surface area contributed by atoms with Gasteiger partial charge in [-0.15, -0.1) is 11.3 Å². The number of aromatic amines is 1. The van der Waals surface area contributed by atoms with Crippen molar-refractivity contribution in [3.05, 3.63) is 76.8 Å². The number of carbonyl (C=O) groups is 2. The summed E-state index contributed by atoms with van der Waals surface area (Å²) in [5, 5.41) is 16.9. The highest BCUT2D eigenvalue weighted by Gasteiger charge is 2.24. The van der Waals surface area contributed by atoms with Crippen molar-refractivity contribution < 1.29 is 9.59 Å². The number of nitrogens with zero attached hydrogens (tertiary/aromatic N) is 1. The number of carbonyl (C=O) groups excluding carboxylic acids is 2. The lowest BCUT2D eigenvalue weighted by Gasteiger charge is -2.15. The van der Waals surface area contributed by atoms with Crippen LogP contribution in [0.1, 0.15) is 41.6 Å². The third-order valence-corrected chi connectivity index (χ3v) is 6.41. The number of anilines is 2. The van der Waals surface area contributed by atoms with E-state index in [1.54, 1.807) is 12.3 Å². The topological polar surface area (TPSA) is 98.9 Å². The predicted molar refractivity (Wildman–Crippen MR) is 129 cm³/mol. The standard InChI is InChI=1S/C24H25N5O2S/c1-24(2,3)20-12-18(21(30)25-13-15-7-5-4-6-8-15)22(32-20)28-23(31)27-17-9-10-19-16(11-17)14-26-29-19/h4-12,14H,13H2,1-3H3,(H,25,30)(H,26,29)(H2,27,28,31). The molecule has 164 valence electrons. The molecule has 2 heterocycles. The van der Waals surface area contributed by atoms with Gasteiger partial charge in [-0.3, -0.25) is 15.2 Å². The lowest BCUT2D eigenvalue weighted by molar-refractivity contribution is 0.0952. The summed E-state index contributed by atoms with van der Waals surface area (Å²) in [4.78, 5) is 26.7. The summed E-state index contributed by atoms with van der Waals surface area (Å²) in [7, 11) is 0. The Balaban J connectivity index is 1.51. The van der Waals surface area contributed by atoms with Crippen LogP contribution in [0.15, 0.2) is 60.8 Å². The first kappa shape index (κ1) is 21.6. The minimum atomic E-state index is -0.410. The van der Waals surface area contributed by atoms with Gasteiger partial charge in [0.25, 0.3) is 5.91 Å². The molecule has 0 saturated heterocycles. The predicted octanol–water partition coefficient (Wildman–Crippen LogP) is 5.50. The largest absolute Gasteiger partial charge is 0.348 e. The fourth-order valence-electron chi connectivity index (χ4n) is 3.18. The zero-order valence-electron chi connectivity index (χ0n) is 18.2. The van der Waals surface area contributed by atoms with Crippen LogP contribution >= 0.6 is 11.3 Å². The number of thiophene rings is 1. The van der Waals surface area contributed by atoms with Gasteiger partial charge in [-0.05, 0) is 35.2 Å². The molecule has 0 atom stereocenters.